The third kappa shape index (κ3) is 5.02. The Labute approximate surface area is 227 Å². The number of benzene rings is 2. The number of methoxy groups -OCH3 is 1. The Hall–Kier alpha value is -4.65. The second kappa shape index (κ2) is 10.2. The number of ether oxygens (including phenoxy) is 3. The Bertz CT molecular complexity index is 1700. The molecule has 13 heteroatoms. The zero-order valence-electron chi connectivity index (χ0n) is 22.0. The highest BCUT2D eigenvalue weighted by atomic mass is 19.3. The van der Waals surface area contributed by atoms with E-state index in [0.29, 0.717) is 52.0 Å². The van der Waals surface area contributed by atoms with Gasteiger partial charge in [0.05, 0.1) is 24.6 Å². The summed E-state index contributed by atoms with van der Waals surface area (Å²) < 4.78 is 48.6. The van der Waals surface area contributed by atoms with Crippen LogP contribution in [-0.2, 0) is 0 Å². The minimum atomic E-state index is -3.02. The minimum Gasteiger partial charge on any atom is -0.497 e. The zero-order valence-corrected chi connectivity index (χ0v) is 22.0. The number of nitrogens with one attached hydrogen (secondary N) is 1. The van der Waals surface area contributed by atoms with Gasteiger partial charge in [-0.3, -0.25) is 0 Å². The van der Waals surface area contributed by atoms with E-state index < -0.39 is 12.0 Å². The van der Waals surface area contributed by atoms with Crippen LogP contribution in [0.4, 0.5) is 20.3 Å². The smallest absolute Gasteiger partial charge is 0.296 e. The van der Waals surface area contributed by atoms with E-state index in [4.69, 9.17) is 14.2 Å². The monoisotopic (exact) mass is 548 g/mol. The van der Waals surface area contributed by atoms with Crippen molar-refractivity contribution in [3.8, 4) is 23.1 Å². The van der Waals surface area contributed by atoms with Crippen molar-refractivity contribution < 1.29 is 23.0 Å². The lowest BCUT2D eigenvalue weighted by atomic mass is 10.0. The number of nitrogens with zero attached hydrogens (tertiary/aromatic N) is 7. The first kappa shape index (κ1) is 25.6. The van der Waals surface area contributed by atoms with Gasteiger partial charge in [0, 0.05) is 36.9 Å². The standard InChI is InChI=1S/C27H26F2N8O3/c1-16-8-17(4-5-20(16)40-24-11-23-31-14-34-37(23)15-33-24)35-26-25-19(30-13-32-26)9-18(38-3)10-21(25)39-22-6-7-36(2)12-27(22,28)29/h4-5,8-11,13-15,22H,6-7,12H2,1-3H3,(H,30,32,35)/t22-/m0/s1. The first-order valence-electron chi connectivity index (χ1n) is 12.6. The summed E-state index contributed by atoms with van der Waals surface area (Å²) in [6.07, 6.45) is 3.25. The Balaban J connectivity index is 1.30. The Morgan fingerprint density at radius 1 is 1.02 bits per heavy atom. The number of fused-ring (bicyclic) bond motifs is 2. The number of halogens is 2. The molecular weight excluding hydrogens is 522 g/mol. The number of rotatable bonds is 7. The molecule has 4 heterocycles. The summed E-state index contributed by atoms with van der Waals surface area (Å²) in [5, 5.41) is 7.79. The molecule has 0 radical (unpaired) electrons. The third-order valence-electron chi connectivity index (χ3n) is 6.70. The Kier molecular flexibility index (Phi) is 6.50. The molecule has 0 amide bonds. The second-order valence-electron chi connectivity index (χ2n) is 9.63. The molecule has 206 valence electrons. The number of hydrogen-bond acceptors (Lipinski definition) is 10. The topological polar surface area (TPSA) is 112 Å². The van der Waals surface area contributed by atoms with Crippen molar-refractivity contribution in [2.45, 2.75) is 25.4 Å². The average Bonchev–Trinajstić information content (AvgIpc) is 3.39. The zero-order chi connectivity index (χ0) is 27.9. The fourth-order valence-corrected chi connectivity index (χ4v) is 4.68. The molecule has 6 rings (SSSR count). The maximum atomic E-state index is 14.9. The van der Waals surface area contributed by atoms with Crippen LogP contribution < -0.4 is 19.5 Å². The van der Waals surface area contributed by atoms with Gasteiger partial charge in [-0.1, -0.05) is 0 Å². The second-order valence-corrected chi connectivity index (χ2v) is 9.63. The largest absolute Gasteiger partial charge is 0.497 e. The van der Waals surface area contributed by atoms with Crippen LogP contribution in [0.25, 0.3) is 16.6 Å². The van der Waals surface area contributed by atoms with Crippen molar-refractivity contribution in [2.24, 2.45) is 0 Å². The van der Waals surface area contributed by atoms with Crippen molar-refractivity contribution in [3.63, 3.8) is 0 Å². The normalized spacial score (nSPS) is 17.2. The molecule has 3 aromatic heterocycles. The molecular formula is C27H26F2N8O3. The number of hydrogen-bond donors (Lipinski definition) is 1. The number of piperidine rings is 1. The molecule has 0 aliphatic carbocycles. The lowest BCUT2D eigenvalue weighted by Gasteiger charge is -2.36. The van der Waals surface area contributed by atoms with Crippen LogP contribution in [0.3, 0.4) is 0 Å². The van der Waals surface area contributed by atoms with Gasteiger partial charge >= 0.3 is 0 Å². The SMILES string of the molecule is COc1cc(O[C@H]2CCN(C)CC2(F)F)c2c(Nc3ccc(Oc4cc5ncnn5cn4)c(C)c3)ncnc2c1. The third-order valence-corrected chi connectivity index (χ3v) is 6.70. The predicted molar refractivity (Wildman–Crippen MR) is 143 cm³/mol. The van der Waals surface area contributed by atoms with E-state index in [2.05, 4.69) is 30.4 Å². The van der Waals surface area contributed by atoms with Crippen LogP contribution in [0.5, 0.6) is 23.1 Å². The first-order valence-corrected chi connectivity index (χ1v) is 12.6. The van der Waals surface area contributed by atoms with Crippen LogP contribution in [0.15, 0.2) is 55.4 Å². The van der Waals surface area contributed by atoms with Gasteiger partial charge in [-0.15, -0.1) is 0 Å². The van der Waals surface area contributed by atoms with Gasteiger partial charge in [-0.2, -0.15) is 5.10 Å². The summed E-state index contributed by atoms with van der Waals surface area (Å²) >= 11 is 0. The predicted octanol–water partition coefficient (Wildman–Crippen LogP) is 4.64. The molecule has 11 nitrogen and oxygen atoms in total. The Morgan fingerprint density at radius 3 is 2.70 bits per heavy atom. The number of aryl methyl sites for hydroxylation is 1. The van der Waals surface area contributed by atoms with Gasteiger partial charge in [0.2, 0.25) is 5.88 Å². The quantitative estimate of drug-likeness (QED) is 0.309. The van der Waals surface area contributed by atoms with Gasteiger partial charge in [-0.05, 0) is 37.7 Å². The molecule has 5 aromatic rings. The van der Waals surface area contributed by atoms with Crippen LogP contribution in [0.1, 0.15) is 12.0 Å². The Morgan fingerprint density at radius 2 is 1.90 bits per heavy atom. The van der Waals surface area contributed by atoms with Gasteiger partial charge in [0.1, 0.15) is 42.0 Å². The molecule has 1 aliphatic heterocycles. The fourth-order valence-electron chi connectivity index (χ4n) is 4.68. The molecule has 0 bridgehead atoms. The van der Waals surface area contributed by atoms with Crippen molar-refractivity contribution >= 4 is 28.1 Å². The minimum absolute atomic E-state index is 0.179. The summed E-state index contributed by atoms with van der Waals surface area (Å²) in [7, 11) is 3.17. The fraction of sp³-hybridized carbons (Fsp3) is 0.296. The van der Waals surface area contributed by atoms with E-state index >= 15 is 0 Å². The van der Waals surface area contributed by atoms with Crippen molar-refractivity contribution in [3.05, 3.63) is 60.9 Å². The van der Waals surface area contributed by atoms with Gasteiger partial charge in [-0.25, -0.2) is 33.2 Å². The number of anilines is 2. The number of alkyl halides is 2. The van der Waals surface area contributed by atoms with E-state index in [9.17, 15) is 8.78 Å². The van der Waals surface area contributed by atoms with E-state index in [1.54, 1.807) is 40.7 Å². The molecule has 2 aromatic carbocycles. The molecule has 0 saturated carbocycles. The molecule has 1 N–H and O–H groups in total. The summed E-state index contributed by atoms with van der Waals surface area (Å²) in [5.41, 5.74) is 2.65. The summed E-state index contributed by atoms with van der Waals surface area (Å²) in [6.45, 7) is 2.02. The van der Waals surface area contributed by atoms with Crippen molar-refractivity contribution in [2.75, 3.05) is 32.6 Å². The van der Waals surface area contributed by atoms with Crippen molar-refractivity contribution in [1.82, 2.24) is 34.4 Å². The van der Waals surface area contributed by atoms with Crippen molar-refractivity contribution in [1.29, 1.82) is 0 Å². The van der Waals surface area contributed by atoms with E-state index in [1.807, 2.05) is 19.1 Å². The van der Waals surface area contributed by atoms with E-state index in [-0.39, 0.29) is 18.7 Å². The van der Waals surface area contributed by atoms with E-state index in [0.717, 1.165) is 5.56 Å². The molecule has 0 spiro atoms. The average molecular weight is 549 g/mol. The molecule has 1 saturated heterocycles. The first-order chi connectivity index (χ1) is 19.3. The number of likely N-dealkylation sites (tertiary alicyclic amines) is 1. The maximum absolute atomic E-state index is 14.9. The molecule has 1 atom stereocenters. The molecule has 1 aliphatic rings. The molecule has 0 unspecified atom stereocenters. The highest BCUT2D eigenvalue weighted by Gasteiger charge is 2.45. The summed E-state index contributed by atoms with van der Waals surface area (Å²) in [5.74, 6) is -0.963. The number of aromatic nitrogens is 6. The molecule has 40 heavy (non-hydrogen) atoms. The van der Waals surface area contributed by atoms with Gasteiger partial charge < -0.3 is 24.4 Å². The lowest BCUT2D eigenvalue weighted by Crippen LogP contribution is -2.52. The molecule has 1 fully saturated rings. The van der Waals surface area contributed by atoms with Crippen LogP contribution in [-0.4, -0.2) is 73.7 Å². The van der Waals surface area contributed by atoms with Crippen LogP contribution >= 0.6 is 0 Å². The van der Waals surface area contributed by atoms with Gasteiger partial charge in [0.15, 0.2) is 11.8 Å². The highest BCUT2D eigenvalue weighted by Crippen LogP contribution is 2.39. The summed E-state index contributed by atoms with van der Waals surface area (Å²) in [4.78, 5) is 18.7. The van der Waals surface area contributed by atoms with E-state index in [1.165, 1.54) is 26.1 Å². The van der Waals surface area contributed by atoms with Crippen LogP contribution in [0, 0.1) is 6.92 Å². The van der Waals surface area contributed by atoms with Crippen LogP contribution in [0.2, 0.25) is 0 Å². The maximum Gasteiger partial charge on any atom is 0.296 e. The lowest BCUT2D eigenvalue weighted by molar-refractivity contribution is -0.134. The summed E-state index contributed by atoms with van der Waals surface area (Å²) in [6, 6.07) is 10.5. The highest BCUT2D eigenvalue weighted by molar-refractivity contribution is 5.96. The van der Waals surface area contributed by atoms with Gasteiger partial charge in [0.25, 0.3) is 5.92 Å².